The lowest BCUT2D eigenvalue weighted by Gasteiger charge is -2.25. The summed E-state index contributed by atoms with van der Waals surface area (Å²) in [4.78, 5) is 13.7. The Labute approximate surface area is 129 Å². The molecule has 0 atom stereocenters. The second kappa shape index (κ2) is 12.2. The van der Waals surface area contributed by atoms with Gasteiger partial charge in [-0.3, -0.25) is 4.79 Å². The van der Waals surface area contributed by atoms with Gasteiger partial charge in [0.1, 0.15) is 0 Å². The maximum absolute atomic E-state index is 11.9. The Hall–Kier alpha value is -1.61. The Bertz CT molecular complexity index is 421. The summed E-state index contributed by atoms with van der Waals surface area (Å²) in [6.45, 7) is 12.7. The van der Waals surface area contributed by atoms with E-state index in [2.05, 4.69) is 0 Å². The van der Waals surface area contributed by atoms with Crippen molar-refractivity contribution in [1.82, 2.24) is 4.90 Å². The molecule has 21 heavy (non-hydrogen) atoms. The quantitative estimate of drug-likeness (QED) is 0.773. The van der Waals surface area contributed by atoms with Crippen LogP contribution in [0.4, 0.5) is 0 Å². The highest BCUT2D eigenvalue weighted by Crippen LogP contribution is 2.09. The molecule has 1 amide bonds. The predicted molar refractivity (Wildman–Crippen MR) is 90.3 cm³/mol. The standard InChI is InChI=1S/C14H17NO2.2C2H6/c1-12-4-2-3-5-13(12)6-7-14(16)15-8-10-17-11-9-15;2*1-2/h2-7H,8-11H2,1H3;2*1-2H3/b7-6+;;. The highest BCUT2D eigenvalue weighted by Gasteiger charge is 2.13. The second-order valence-corrected chi connectivity index (χ2v) is 4.13. The number of rotatable bonds is 2. The van der Waals surface area contributed by atoms with Crippen LogP contribution in [0.2, 0.25) is 0 Å². The average molecular weight is 291 g/mol. The van der Waals surface area contributed by atoms with E-state index in [-0.39, 0.29) is 5.91 Å². The van der Waals surface area contributed by atoms with E-state index in [4.69, 9.17) is 4.74 Å². The molecule has 0 spiro atoms. The summed E-state index contributed by atoms with van der Waals surface area (Å²) < 4.78 is 5.21. The number of aryl methyl sites for hydroxylation is 1. The third kappa shape index (κ3) is 7.09. The number of amides is 1. The zero-order chi connectivity index (χ0) is 16.1. The van der Waals surface area contributed by atoms with Gasteiger partial charge in [-0.2, -0.15) is 0 Å². The summed E-state index contributed by atoms with van der Waals surface area (Å²) in [5.41, 5.74) is 2.27. The number of nitrogens with zero attached hydrogens (tertiary/aromatic N) is 1. The Morgan fingerprint density at radius 3 is 2.24 bits per heavy atom. The van der Waals surface area contributed by atoms with Crippen molar-refractivity contribution in [2.45, 2.75) is 34.6 Å². The van der Waals surface area contributed by atoms with Crippen LogP contribution < -0.4 is 0 Å². The SMILES string of the molecule is CC.CC.Cc1ccccc1/C=C/C(=O)N1CCOCC1. The van der Waals surface area contributed by atoms with Crippen molar-refractivity contribution in [1.29, 1.82) is 0 Å². The van der Waals surface area contributed by atoms with Gasteiger partial charge in [-0.05, 0) is 24.1 Å². The Balaban J connectivity index is 0.000000921. The van der Waals surface area contributed by atoms with Crippen LogP contribution in [0.15, 0.2) is 30.3 Å². The van der Waals surface area contributed by atoms with Gasteiger partial charge in [0.15, 0.2) is 0 Å². The van der Waals surface area contributed by atoms with E-state index in [9.17, 15) is 4.79 Å². The van der Waals surface area contributed by atoms with Crippen LogP contribution in [0, 0.1) is 6.92 Å². The van der Waals surface area contributed by atoms with Gasteiger partial charge in [0.05, 0.1) is 13.2 Å². The molecule has 2 rings (SSSR count). The molecule has 0 saturated carbocycles. The Morgan fingerprint density at radius 1 is 1.10 bits per heavy atom. The van der Waals surface area contributed by atoms with Gasteiger partial charge in [-0.25, -0.2) is 0 Å². The molecule has 0 unspecified atom stereocenters. The van der Waals surface area contributed by atoms with Gasteiger partial charge in [-0.1, -0.05) is 52.0 Å². The highest BCUT2D eigenvalue weighted by atomic mass is 16.5. The summed E-state index contributed by atoms with van der Waals surface area (Å²) in [5.74, 6) is 0.0663. The van der Waals surface area contributed by atoms with Crippen molar-refractivity contribution in [2.24, 2.45) is 0 Å². The van der Waals surface area contributed by atoms with Crippen molar-refractivity contribution in [3.63, 3.8) is 0 Å². The fraction of sp³-hybridized carbons (Fsp3) is 0.500. The maximum Gasteiger partial charge on any atom is 0.246 e. The van der Waals surface area contributed by atoms with E-state index < -0.39 is 0 Å². The number of carbonyl (C=O) groups excluding carboxylic acids is 1. The minimum absolute atomic E-state index is 0.0663. The van der Waals surface area contributed by atoms with Gasteiger partial charge in [0.25, 0.3) is 0 Å². The Kier molecular flexibility index (Phi) is 11.2. The molecule has 1 aromatic carbocycles. The molecule has 1 aliphatic rings. The van der Waals surface area contributed by atoms with Gasteiger partial charge < -0.3 is 9.64 Å². The molecule has 118 valence electrons. The van der Waals surface area contributed by atoms with Crippen LogP contribution in [0.3, 0.4) is 0 Å². The third-order valence-electron chi connectivity index (χ3n) is 2.92. The normalized spacial score (nSPS) is 13.9. The molecule has 1 saturated heterocycles. The molecule has 1 heterocycles. The molecule has 1 fully saturated rings. The lowest BCUT2D eigenvalue weighted by atomic mass is 10.1. The molecule has 0 aliphatic carbocycles. The average Bonchev–Trinajstić information content (AvgIpc) is 2.58. The number of benzene rings is 1. The molecule has 0 bridgehead atoms. The van der Waals surface area contributed by atoms with Gasteiger partial charge in [0, 0.05) is 19.2 Å². The van der Waals surface area contributed by atoms with E-state index in [1.54, 1.807) is 6.08 Å². The number of morpholine rings is 1. The molecular weight excluding hydrogens is 262 g/mol. The van der Waals surface area contributed by atoms with Gasteiger partial charge in [-0.15, -0.1) is 0 Å². The van der Waals surface area contributed by atoms with Crippen molar-refractivity contribution >= 4 is 12.0 Å². The van der Waals surface area contributed by atoms with Crippen LogP contribution in [0.5, 0.6) is 0 Å². The minimum Gasteiger partial charge on any atom is -0.378 e. The monoisotopic (exact) mass is 291 g/mol. The van der Waals surface area contributed by atoms with E-state index in [1.165, 1.54) is 5.56 Å². The van der Waals surface area contributed by atoms with E-state index in [0.717, 1.165) is 5.56 Å². The van der Waals surface area contributed by atoms with E-state index in [1.807, 2.05) is 69.9 Å². The van der Waals surface area contributed by atoms with Crippen LogP contribution in [0.1, 0.15) is 38.8 Å². The molecule has 3 nitrogen and oxygen atoms in total. The molecule has 0 N–H and O–H groups in total. The van der Waals surface area contributed by atoms with Crippen LogP contribution in [-0.4, -0.2) is 37.1 Å². The van der Waals surface area contributed by atoms with E-state index in [0.29, 0.717) is 26.3 Å². The zero-order valence-corrected chi connectivity index (χ0v) is 14.1. The summed E-state index contributed by atoms with van der Waals surface area (Å²) in [6.07, 6.45) is 3.53. The lowest BCUT2D eigenvalue weighted by Crippen LogP contribution is -2.39. The topological polar surface area (TPSA) is 29.5 Å². The summed E-state index contributed by atoms with van der Waals surface area (Å²) in [5, 5.41) is 0. The zero-order valence-electron chi connectivity index (χ0n) is 14.1. The molecular formula is C18H29NO2. The van der Waals surface area contributed by atoms with E-state index >= 15 is 0 Å². The number of hydrogen-bond acceptors (Lipinski definition) is 2. The first-order valence-electron chi connectivity index (χ1n) is 7.88. The summed E-state index contributed by atoms with van der Waals surface area (Å²) in [6, 6.07) is 8.03. The first-order chi connectivity index (χ1) is 10.3. The number of ether oxygens (including phenoxy) is 1. The first-order valence-corrected chi connectivity index (χ1v) is 7.88. The molecule has 1 aromatic rings. The summed E-state index contributed by atoms with van der Waals surface area (Å²) in [7, 11) is 0. The van der Waals surface area contributed by atoms with Gasteiger partial charge >= 0.3 is 0 Å². The second-order valence-electron chi connectivity index (χ2n) is 4.13. The smallest absolute Gasteiger partial charge is 0.246 e. The van der Waals surface area contributed by atoms with Crippen molar-refractivity contribution in [3.05, 3.63) is 41.5 Å². The summed E-state index contributed by atoms with van der Waals surface area (Å²) >= 11 is 0. The predicted octanol–water partition coefficient (Wildman–Crippen LogP) is 3.92. The van der Waals surface area contributed by atoms with Crippen LogP contribution in [0.25, 0.3) is 6.08 Å². The van der Waals surface area contributed by atoms with Crippen LogP contribution in [-0.2, 0) is 9.53 Å². The maximum atomic E-state index is 11.9. The largest absolute Gasteiger partial charge is 0.378 e. The highest BCUT2D eigenvalue weighted by molar-refractivity contribution is 5.92. The fourth-order valence-corrected chi connectivity index (χ4v) is 1.82. The molecule has 1 aliphatic heterocycles. The van der Waals surface area contributed by atoms with Crippen molar-refractivity contribution in [3.8, 4) is 0 Å². The van der Waals surface area contributed by atoms with Crippen LogP contribution >= 0.6 is 0 Å². The molecule has 0 radical (unpaired) electrons. The third-order valence-corrected chi connectivity index (χ3v) is 2.92. The first kappa shape index (κ1) is 19.4. The fourth-order valence-electron chi connectivity index (χ4n) is 1.82. The number of carbonyl (C=O) groups is 1. The van der Waals surface area contributed by atoms with Crippen molar-refractivity contribution in [2.75, 3.05) is 26.3 Å². The van der Waals surface area contributed by atoms with Gasteiger partial charge in [0.2, 0.25) is 5.91 Å². The Morgan fingerprint density at radius 2 is 1.67 bits per heavy atom. The minimum atomic E-state index is 0.0663. The van der Waals surface area contributed by atoms with Crippen molar-refractivity contribution < 1.29 is 9.53 Å². The lowest BCUT2D eigenvalue weighted by molar-refractivity contribution is -0.129. The molecule has 0 aromatic heterocycles. The number of hydrogen-bond donors (Lipinski definition) is 0. The molecule has 3 heteroatoms.